The number of phenols is 1. The molecule has 0 aliphatic rings. The molecule has 0 heterocycles. The fourth-order valence-corrected chi connectivity index (χ4v) is 2.43. The van der Waals surface area contributed by atoms with Gasteiger partial charge < -0.3 is 31.7 Å². The number of aliphatic hydroxyl groups excluding tert-OH is 1. The summed E-state index contributed by atoms with van der Waals surface area (Å²) in [7, 11) is 0. The predicted octanol–water partition coefficient (Wildman–Crippen LogP) is -0.645. The van der Waals surface area contributed by atoms with Crippen molar-refractivity contribution in [2.24, 2.45) is 11.7 Å². The second-order valence-electron chi connectivity index (χ2n) is 6.75. The van der Waals surface area contributed by atoms with E-state index in [1.54, 1.807) is 12.1 Å². The number of carbonyl (C=O) groups is 3. The molecule has 0 saturated heterocycles. The Labute approximate surface area is 157 Å². The third-order valence-corrected chi connectivity index (χ3v) is 3.87. The van der Waals surface area contributed by atoms with Gasteiger partial charge in [-0.25, -0.2) is 4.79 Å². The largest absolute Gasteiger partial charge is 0.508 e. The second kappa shape index (κ2) is 10.5. The second-order valence-corrected chi connectivity index (χ2v) is 6.75. The minimum absolute atomic E-state index is 0.0500. The van der Waals surface area contributed by atoms with Crippen LogP contribution < -0.4 is 16.4 Å². The van der Waals surface area contributed by atoms with E-state index in [9.17, 15) is 19.5 Å². The number of phenolic OH excluding ortho intramolecular Hbond substituents is 1. The number of hydrogen-bond donors (Lipinski definition) is 6. The number of nitrogens with two attached hydrogens (primary N) is 1. The maximum Gasteiger partial charge on any atom is 0.328 e. The van der Waals surface area contributed by atoms with Gasteiger partial charge in [-0.05, 0) is 30.0 Å². The van der Waals surface area contributed by atoms with E-state index in [1.165, 1.54) is 12.1 Å². The molecule has 9 nitrogen and oxygen atoms in total. The van der Waals surface area contributed by atoms with Crippen molar-refractivity contribution in [3.63, 3.8) is 0 Å². The summed E-state index contributed by atoms with van der Waals surface area (Å²) in [5, 5.41) is 32.2. The van der Waals surface area contributed by atoms with Gasteiger partial charge in [-0.1, -0.05) is 26.0 Å². The summed E-state index contributed by atoms with van der Waals surface area (Å²) in [5.41, 5.74) is 6.48. The SMILES string of the molecule is CC(C)CC(N)C(=O)NC(Cc1ccc(O)cc1)C(=O)NC(CO)C(=O)O. The number of aliphatic hydroxyl groups is 1. The number of carboxylic acid groups (broad SMARTS) is 1. The number of amides is 2. The molecule has 1 rings (SSSR count). The lowest BCUT2D eigenvalue weighted by Gasteiger charge is -2.23. The van der Waals surface area contributed by atoms with Crippen LogP contribution in [-0.4, -0.2) is 57.8 Å². The number of aliphatic carboxylic acids is 1. The Morgan fingerprint density at radius 3 is 2.07 bits per heavy atom. The van der Waals surface area contributed by atoms with E-state index in [0.29, 0.717) is 12.0 Å². The summed E-state index contributed by atoms with van der Waals surface area (Å²) in [6, 6.07) is 2.64. The Kier molecular flexibility index (Phi) is 8.70. The fraction of sp³-hybridized carbons (Fsp3) is 0.500. The van der Waals surface area contributed by atoms with Gasteiger partial charge in [0.1, 0.15) is 17.8 Å². The molecule has 0 aromatic heterocycles. The highest BCUT2D eigenvalue weighted by atomic mass is 16.4. The summed E-state index contributed by atoms with van der Waals surface area (Å²) in [5.74, 6) is -2.44. The van der Waals surface area contributed by atoms with Crippen LogP contribution in [-0.2, 0) is 20.8 Å². The summed E-state index contributed by atoms with van der Waals surface area (Å²) in [4.78, 5) is 35.8. The van der Waals surface area contributed by atoms with Crippen LogP contribution in [0, 0.1) is 5.92 Å². The minimum atomic E-state index is -1.49. The monoisotopic (exact) mass is 381 g/mol. The molecular formula is C18H27N3O6. The Balaban J connectivity index is 2.93. The number of nitrogens with one attached hydrogen (secondary N) is 2. The molecule has 0 radical (unpaired) electrons. The first-order valence-corrected chi connectivity index (χ1v) is 8.62. The molecule has 0 spiro atoms. The van der Waals surface area contributed by atoms with Gasteiger partial charge in [0.05, 0.1) is 12.6 Å². The van der Waals surface area contributed by atoms with E-state index in [0.717, 1.165) is 0 Å². The van der Waals surface area contributed by atoms with E-state index >= 15 is 0 Å². The van der Waals surface area contributed by atoms with E-state index in [1.807, 2.05) is 13.8 Å². The number of rotatable bonds is 10. The van der Waals surface area contributed by atoms with Crippen molar-refractivity contribution in [3.8, 4) is 5.75 Å². The summed E-state index contributed by atoms with van der Waals surface area (Å²) in [6.45, 7) is 3.03. The lowest BCUT2D eigenvalue weighted by Crippen LogP contribution is -2.56. The molecular weight excluding hydrogens is 354 g/mol. The first-order valence-electron chi connectivity index (χ1n) is 8.62. The first-order chi connectivity index (χ1) is 12.6. The molecule has 0 fully saturated rings. The number of hydrogen-bond acceptors (Lipinski definition) is 6. The van der Waals surface area contributed by atoms with Crippen LogP contribution in [0.2, 0.25) is 0 Å². The van der Waals surface area contributed by atoms with E-state index in [-0.39, 0.29) is 18.1 Å². The van der Waals surface area contributed by atoms with Crippen molar-refractivity contribution in [3.05, 3.63) is 29.8 Å². The lowest BCUT2D eigenvalue weighted by molar-refractivity contribution is -0.143. The summed E-state index contributed by atoms with van der Waals surface area (Å²) >= 11 is 0. The third kappa shape index (κ3) is 7.63. The van der Waals surface area contributed by atoms with Crippen LogP contribution in [0.3, 0.4) is 0 Å². The first kappa shape index (κ1) is 22.4. The molecule has 9 heteroatoms. The average molecular weight is 381 g/mol. The van der Waals surface area contributed by atoms with E-state index in [2.05, 4.69) is 10.6 Å². The molecule has 2 amide bonds. The molecule has 0 aliphatic carbocycles. The van der Waals surface area contributed by atoms with Crippen LogP contribution in [0.5, 0.6) is 5.75 Å². The Bertz CT molecular complexity index is 647. The van der Waals surface area contributed by atoms with Crippen LogP contribution in [0.4, 0.5) is 0 Å². The van der Waals surface area contributed by atoms with Crippen LogP contribution >= 0.6 is 0 Å². The molecule has 0 saturated carbocycles. The zero-order valence-electron chi connectivity index (χ0n) is 15.4. The normalized spacial score (nSPS) is 14.3. The van der Waals surface area contributed by atoms with Crippen LogP contribution in [0.1, 0.15) is 25.8 Å². The fourth-order valence-electron chi connectivity index (χ4n) is 2.43. The maximum atomic E-state index is 12.5. The number of benzene rings is 1. The lowest BCUT2D eigenvalue weighted by atomic mass is 10.0. The summed E-state index contributed by atoms with van der Waals surface area (Å²) < 4.78 is 0. The Morgan fingerprint density at radius 2 is 1.59 bits per heavy atom. The predicted molar refractivity (Wildman–Crippen MR) is 97.8 cm³/mol. The maximum absolute atomic E-state index is 12.5. The van der Waals surface area contributed by atoms with Crippen molar-refractivity contribution in [2.45, 2.75) is 44.8 Å². The van der Waals surface area contributed by atoms with Gasteiger partial charge in [-0.3, -0.25) is 9.59 Å². The number of aromatic hydroxyl groups is 1. The zero-order chi connectivity index (χ0) is 20.6. The van der Waals surface area contributed by atoms with E-state index < -0.39 is 42.5 Å². The van der Waals surface area contributed by atoms with Gasteiger partial charge in [-0.2, -0.15) is 0 Å². The quantitative estimate of drug-likeness (QED) is 0.314. The van der Waals surface area contributed by atoms with Crippen LogP contribution in [0.15, 0.2) is 24.3 Å². The molecule has 3 atom stereocenters. The minimum Gasteiger partial charge on any atom is -0.508 e. The standard InChI is InChI=1S/C18H27N3O6/c1-10(2)7-13(19)16(24)20-14(8-11-3-5-12(23)6-4-11)17(25)21-15(9-22)18(26)27/h3-6,10,13-15,22-23H,7-9,19H2,1-2H3,(H,20,24)(H,21,25)(H,26,27). The molecule has 0 aliphatic heterocycles. The van der Waals surface area contributed by atoms with Gasteiger partial charge >= 0.3 is 5.97 Å². The topological polar surface area (TPSA) is 162 Å². The Hall–Kier alpha value is -2.65. The average Bonchev–Trinajstić information content (AvgIpc) is 2.59. The van der Waals surface area contributed by atoms with Crippen LogP contribution in [0.25, 0.3) is 0 Å². The smallest absolute Gasteiger partial charge is 0.328 e. The van der Waals surface area contributed by atoms with Gasteiger partial charge in [0.25, 0.3) is 0 Å². The molecule has 7 N–H and O–H groups in total. The van der Waals surface area contributed by atoms with Crippen molar-refractivity contribution < 1.29 is 29.7 Å². The third-order valence-electron chi connectivity index (χ3n) is 3.87. The highest BCUT2D eigenvalue weighted by molar-refractivity contribution is 5.92. The van der Waals surface area contributed by atoms with Crippen molar-refractivity contribution in [1.82, 2.24) is 10.6 Å². The van der Waals surface area contributed by atoms with Gasteiger partial charge in [0.2, 0.25) is 11.8 Å². The van der Waals surface area contributed by atoms with Crippen molar-refractivity contribution >= 4 is 17.8 Å². The molecule has 0 bridgehead atoms. The van der Waals surface area contributed by atoms with Crippen molar-refractivity contribution in [1.29, 1.82) is 0 Å². The Morgan fingerprint density at radius 1 is 1.04 bits per heavy atom. The van der Waals surface area contributed by atoms with Gasteiger partial charge in [-0.15, -0.1) is 0 Å². The number of carboxylic acids is 1. The van der Waals surface area contributed by atoms with E-state index in [4.69, 9.17) is 15.9 Å². The molecule has 150 valence electrons. The molecule has 27 heavy (non-hydrogen) atoms. The van der Waals surface area contributed by atoms with Gasteiger partial charge in [0, 0.05) is 6.42 Å². The molecule has 1 aromatic rings. The molecule has 1 aromatic carbocycles. The summed E-state index contributed by atoms with van der Waals surface area (Å²) in [6.07, 6.45) is 0.484. The molecule has 3 unspecified atom stereocenters. The van der Waals surface area contributed by atoms with Crippen molar-refractivity contribution in [2.75, 3.05) is 6.61 Å². The number of carbonyl (C=O) groups excluding carboxylic acids is 2. The highest BCUT2D eigenvalue weighted by Gasteiger charge is 2.28. The zero-order valence-corrected chi connectivity index (χ0v) is 15.4. The highest BCUT2D eigenvalue weighted by Crippen LogP contribution is 2.12. The van der Waals surface area contributed by atoms with Gasteiger partial charge in [0.15, 0.2) is 0 Å².